The van der Waals surface area contributed by atoms with Crippen LogP contribution in [0.5, 0.6) is 0 Å². The van der Waals surface area contributed by atoms with E-state index in [1.54, 1.807) is 19.9 Å². The molecular formula is C11H14N2O5. The van der Waals surface area contributed by atoms with Gasteiger partial charge in [0.2, 0.25) is 0 Å². The molecule has 0 aliphatic heterocycles. The molecule has 7 nitrogen and oxygen atoms in total. The van der Waals surface area contributed by atoms with Crippen molar-refractivity contribution < 1.29 is 19.8 Å². The van der Waals surface area contributed by atoms with E-state index < -0.39 is 30.1 Å². The Kier molecular flexibility index (Phi) is 4.22. The van der Waals surface area contributed by atoms with Gasteiger partial charge >= 0.3 is 5.97 Å². The van der Waals surface area contributed by atoms with Crippen LogP contribution in [0.1, 0.15) is 21.6 Å². The van der Waals surface area contributed by atoms with Gasteiger partial charge in [-0.3, -0.25) is 9.59 Å². The molecule has 0 bridgehead atoms. The number of carbonyl (C=O) groups excluding carboxylic acids is 1. The second-order valence-electron chi connectivity index (χ2n) is 3.89. The normalized spacial score (nSPS) is 11.9. The van der Waals surface area contributed by atoms with Crippen LogP contribution in [-0.2, 0) is 4.79 Å². The minimum Gasteiger partial charge on any atom is -0.480 e. The highest BCUT2D eigenvalue weighted by atomic mass is 16.4. The van der Waals surface area contributed by atoms with E-state index >= 15 is 0 Å². The summed E-state index contributed by atoms with van der Waals surface area (Å²) in [6.07, 6.45) is 0. The van der Waals surface area contributed by atoms with Crippen molar-refractivity contribution in [3.05, 3.63) is 33.2 Å². The molecule has 1 aromatic heterocycles. The van der Waals surface area contributed by atoms with Crippen molar-refractivity contribution >= 4 is 11.9 Å². The zero-order chi connectivity index (χ0) is 13.9. The molecule has 1 aromatic rings. The Labute approximate surface area is 102 Å². The van der Waals surface area contributed by atoms with E-state index in [0.717, 1.165) is 0 Å². The molecule has 0 fully saturated rings. The van der Waals surface area contributed by atoms with Crippen LogP contribution in [-0.4, -0.2) is 39.7 Å². The topological polar surface area (TPSA) is 119 Å². The smallest absolute Gasteiger partial charge is 0.328 e. The van der Waals surface area contributed by atoms with Gasteiger partial charge in [0.15, 0.2) is 6.04 Å². The summed E-state index contributed by atoms with van der Waals surface area (Å²) < 4.78 is 0. The van der Waals surface area contributed by atoms with Gasteiger partial charge in [-0.05, 0) is 25.5 Å². The molecule has 4 N–H and O–H groups in total. The molecule has 0 saturated heterocycles. The molecule has 1 atom stereocenters. The van der Waals surface area contributed by atoms with Crippen molar-refractivity contribution in [3.63, 3.8) is 0 Å². The third-order valence-electron chi connectivity index (χ3n) is 2.38. The summed E-state index contributed by atoms with van der Waals surface area (Å²) in [6.45, 7) is 2.50. The summed E-state index contributed by atoms with van der Waals surface area (Å²) >= 11 is 0. The molecule has 98 valence electrons. The number of H-pyrrole nitrogens is 1. The number of aromatic nitrogens is 1. The number of carbonyl (C=O) groups is 2. The summed E-state index contributed by atoms with van der Waals surface area (Å²) in [4.78, 5) is 36.5. The first kappa shape index (κ1) is 13.9. The van der Waals surface area contributed by atoms with Crippen LogP contribution >= 0.6 is 0 Å². The molecule has 1 rings (SSSR count). The summed E-state index contributed by atoms with van der Waals surface area (Å²) in [5, 5.41) is 19.6. The predicted octanol–water partition coefficient (Wildman–Crippen LogP) is -0.833. The fourth-order valence-corrected chi connectivity index (χ4v) is 1.55. The Morgan fingerprint density at radius 3 is 2.50 bits per heavy atom. The lowest BCUT2D eigenvalue weighted by atomic mass is 10.1. The minimum atomic E-state index is -1.43. The third-order valence-corrected chi connectivity index (χ3v) is 2.38. The Bertz CT molecular complexity index is 535. The summed E-state index contributed by atoms with van der Waals surface area (Å²) in [7, 11) is 0. The van der Waals surface area contributed by atoms with E-state index in [9.17, 15) is 14.4 Å². The van der Waals surface area contributed by atoms with Crippen LogP contribution in [0.2, 0.25) is 0 Å². The number of aliphatic hydroxyl groups excluding tert-OH is 1. The molecular weight excluding hydrogens is 240 g/mol. The minimum absolute atomic E-state index is 0.152. The fraction of sp³-hybridized carbons (Fsp3) is 0.364. The Balaban J connectivity index is 3.05. The summed E-state index contributed by atoms with van der Waals surface area (Å²) in [5.41, 5.74) is 0.300. The van der Waals surface area contributed by atoms with Crippen LogP contribution in [0.15, 0.2) is 10.9 Å². The highest BCUT2D eigenvalue weighted by Gasteiger charge is 2.22. The van der Waals surface area contributed by atoms with Crippen LogP contribution in [0.25, 0.3) is 0 Å². The number of aromatic amines is 1. The van der Waals surface area contributed by atoms with Crippen molar-refractivity contribution in [2.24, 2.45) is 0 Å². The van der Waals surface area contributed by atoms with Crippen LogP contribution in [0.3, 0.4) is 0 Å². The number of pyridine rings is 1. The Morgan fingerprint density at radius 1 is 1.44 bits per heavy atom. The van der Waals surface area contributed by atoms with Crippen molar-refractivity contribution in [1.29, 1.82) is 0 Å². The van der Waals surface area contributed by atoms with Crippen LogP contribution in [0.4, 0.5) is 0 Å². The summed E-state index contributed by atoms with van der Waals surface area (Å²) in [5.74, 6) is -2.19. The highest BCUT2D eigenvalue weighted by molar-refractivity contribution is 5.97. The molecule has 0 radical (unpaired) electrons. The van der Waals surface area contributed by atoms with Gasteiger partial charge in [-0.25, -0.2) is 4.79 Å². The third kappa shape index (κ3) is 2.95. The monoisotopic (exact) mass is 254 g/mol. The molecule has 0 unspecified atom stereocenters. The van der Waals surface area contributed by atoms with Crippen molar-refractivity contribution in [3.8, 4) is 0 Å². The highest BCUT2D eigenvalue weighted by Crippen LogP contribution is 2.03. The Morgan fingerprint density at radius 2 is 2.06 bits per heavy atom. The number of aliphatic carboxylic acids is 1. The molecule has 1 amide bonds. The number of carboxylic acid groups (broad SMARTS) is 1. The van der Waals surface area contributed by atoms with Gasteiger partial charge in [0.05, 0.1) is 6.61 Å². The number of aryl methyl sites for hydroxylation is 2. The lowest BCUT2D eigenvalue weighted by Gasteiger charge is -2.12. The predicted molar refractivity (Wildman–Crippen MR) is 62.5 cm³/mol. The summed E-state index contributed by atoms with van der Waals surface area (Å²) in [6, 6.07) is 0.169. The van der Waals surface area contributed by atoms with Crippen molar-refractivity contribution in [2.45, 2.75) is 19.9 Å². The first-order valence-corrected chi connectivity index (χ1v) is 5.22. The number of nitrogens with one attached hydrogen (secondary N) is 2. The largest absolute Gasteiger partial charge is 0.480 e. The maximum atomic E-state index is 11.8. The number of hydrogen-bond acceptors (Lipinski definition) is 4. The lowest BCUT2D eigenvalue weighted by molar-refractivity contribution is -0.140. The molecule has 0 aliphatic carbocycles. The Hall–Kier alpha value is -2.15. The maximum absolute atomic E-state index is 11.8. The number of carboxylic acids is 1. The maximum Gasteiger partial charge on any atom is 0.328 e. The number of rotatable bonds is 4. The molecule has 0 saturated carbocycles. The van der Waals surface area contributed by atoms with E-state index in [2.05, 4.69) is 10.3 Å². The molecule has 0 spiro atoms. The van der Waals surface area contributed by atoms with E-state index in [1.807, 2.05) is 0 Å². The lowest BCUT2D eigenvalue weighted by Crippen LogP contribution is -2.45. The standard InChI is InChI=1S/C11H14N2O5/c1-5-3-6(2)12-9(15)8(5)10(16)13-7(4-14)11(17)18/h3,7,14H,4H2,1-2H3,(H,12,15)(H,13,16)(H,17,18)/t7-/m0/s1. The molecule has 7 heteroatoms. The molecule has 18 heavy (non-hydrogen) atoms. The van der Waals surface area contributed by atoms with Crippen molar-refractivity contribution in [2.75, 3.05) is 6.61 Å². The van der Waals surface area contributed by atoms with E-state index in [4.69, 9.17) is 10.2 Å². The first-order valence-electron chi connectivity index (χ1n) is 5.22. The SMILES string of the molecule is Cc1cc(C)c(C(=O)N[C@@H](CO)C(=O)O)c(=O)[nH]1. The molecule has 1 heterocycles. The average Bonchev–Trinajstić information content (AvgIpc) is 2.23. The second-order valence-corrected chi connectivity index (χ2v) is 3.89. The van der Waals surface area contributed by atoms with Gasteiger partial charge in [0.25, 0.3) is 11.5 Å². The molecule has 0 aromatic carbocycles. The zero-order valence-electron chi connectivity index (χ0n) is 9.98. The van der Waals surface area contributed by atoms with Crippen LogP contribution < -0.4 is 10.9 Å². The average molecular weight is 254 g/mol. The number of aliphatic hydroxyl groups is 1. The van der Waals surface area contributed by atoms with E-state index in [-0.39, 0.29) is 5.56 Å². The van der Waals surface area contributed by atoms with Crippen molar-refractivity contribution in [1.82, 2.24) is 10.3 Å². The zero-order valence-corrected chi connectivity index (χ0v) is 9.98. The van der Waals surface area contributed by atoms with Gasteiger partial charge < -0.3 is 20.5 Å². The number of hydrogen-bond donors (Lipinski definition) is 4. The quantitative estimate of drug-likeness (QED) is 0.559. The van der Waals surface area contributed by atoms with Gasteiger partial charge in [0.1, 0.15) is 5.56 Å². The molecule has 0 aliphatic rings. The van der Waals surface area contributed by atoms with Gasteiger partial charge in [-0.2, -0.15) is 0 Å². The van der Waals surface area contributed by atoms with Crippen LogP contribution in [0, 0.1) is 13.8 Å². The van der Waals surface area contributed by atoms with Gasteiger partial charge in [-0.1, -0.05) is 0 Å². The van der Waals surface area contributed by atoms with E-state index in [0.29, 0.717) is 11.3 Å². The fourth-order valence-electron chi connectivity index (χ4n) is 1.55. The first-order chi connectivity index (χ1) is 8.36. The van der Waals surface area contributed by atoms with Gasteiger partial charge in [0, 0.05) is 5.69 Å². The van der Waals surface area contributed by atoms with E-state index in [1.165, 1.54) is 0 Å². The van der Waals surface area contributed by atoms with Gasteiger partial charge in [-0.15, -0.1) is 0 Å². The number of amides is 1. The second kappa shape index (κ2) is 5.46.